The molecule has 1 aliphatic heterocycles. The second-order valence-electron chi connectivity index (χ2n) is 5.58. The Morgan fingerprint density at radius 3 is 2.42 bits per heavy atom. The maximum Gasteiger partial charge on any atom is 0.362 e. The van der Waals surface area contributed by atoms with Crippen molar-refractivity contribution in [1.82, 2.24) is 14.9 Å². The topological polar surface area (TPSA) is 205 Å². The summed E-state index contributed by atoms with van der Waals surface area (Å²) in [5.41, 5.74) is 3.28. The Morgan fingerprint density at radius 1 is 1.42 bits per heavy atom. The van der Waals surface area contributed by atoms with Crippen molar-refractivity contribution in [2.24, 2.45) is 5.73 Å². The second kappa shape index (κ2) is 7.94. The minimum absolute atomic E-state index is 0.104. The van der Waals surface area contributed by atoms with Crippen molar-refractivity contribution >= 4 is 34.0 Å². The van der Waals surface area contributed by atoms with Gasteiger partial charge in [0.05, 0.1) is 6.54 Å². The molecule has 1 aliphatic rings. The molecule has 148 valence electrons. The molecule has 1 saturated heterocycles. The number of rotatable bonds is 9. The molecule has 0 bridgehead atoms. The number of hydrogen-bond donors (Lipinski definition) is 5. The Morgan fingerprint density at radius 2 is 2.00 bits per heavy atom. The largest absolute Gasteiger partial charge is 0.480 e. The first-order valence-corrected chi connectivity index (χ1v) is 8.68. The molecule has 1 heterocycles. The normalized spacial score (nSPS) is 22.2. The van der Waals surface area contributed by atoms with E-state index in [1.165, 1.54) is 6.92 Å². The van der Waals surface area contributed by atoms with E-state index < -0.39 is 58.3 Å². The lowest BCUT2D eigenvalue weighted by atomic mass is 10.1. The van der Waals surface area contributed by atoms with Crippen LogP contribution in [0.4, 0.5) is 0 Å². The highest BCUT2D eigenvalue weighted by atomic mass is 32.2. The first-order chi connectivity index (χ1) is 11.8. The summed E-state index contributed by atoms with van der Waals surface area (Å²) in [5, 5.41) is 13.1. The number of nitrogens with one attached hydrogen (secondary N) is 2. The molecule has 14 heteroatoms. The van der Waals surface area contributed by atoms with Crippen LogP contribution in [0.1, 0.15) is 19.8 Å². The van der Waals surface area contributed by atoms with Gasteiger partial charge in [0.1, 0.15) is 12.1 Å². The van der Waals surface area contributed by atoms with Gasteiger partial charge in [0.2, 0.25) is 17.5 Å². The van der Waals surface area contributed by atoms with E-state index >= 15 is 0 Å². The van der Waals surface area contributed by atoms with Crippen molar-refractivity contribution < 1.29 is 42.0 Å². The van der Waals surface area contributed by atoms with Crippen LogP contribution in [0.3, 0.4) is 0 Å². The molecule has 0 radical (unpaired) electrons. The van der Waals surface area contributed by atoms with Gasteiger partial charge >= 0.3 is 16.3 Å². The zero-order valence-corrected chi connectivity index (χ0v) is 14.8. The number of carbonyl (C=O) groups excluding carboxylic acids is 3. The predicted molar refractivity (Wildman–Crippen MR) is 83.6 cm³/mol. The molecule has 0 aromatic rings. The number of carboxylic acid groups (broad SMARTS) is 1. The minimum Gasteiger partial charge on any atom is -0.480 e. The monoisotopic (exact) mass is 396 g/mol. The number of β-lactam (4-membered cyclic amide) rings is 1. The Labute approximate surface area is 148 Å². The summed E-state index contributed by atoms with van der Waals surface area (Å²) in [6.07, 6.45) is -0.380. The van der Waals surface area contributed by atoms with Crippen LogP contribution >= 0.6 is 0 Å². The summed E-state index contributed by atoms with van der Waals surface area (Å²) in [6.45, 7) is 0.651. The molecule has 0 spiro atoms. The third kappa shape index (κ3) is 4.87. The minimum atomic E-state index is -4.77. The lowest BCUT2D eigenvalue weighted by Gasteiger charge is -2.45. The molecule has 3 atom stereocenters. The van der Waals surface area contributed by atoms with Gasteiger partial charge in [0.25, 0.3) is 5.91 Å². The first-order valence-electron chi connectivity index (χ1n) is 7.28. The Balaban J connectivity index is 2.60. The number of carboxylic acids is 1. The van der Waals surface area contributed by atoms with Gasteiger partial charge in [-0.2, -0.15) is 8.42 Å². The van der Waals surface area contributed by atoms with Gasteiger partial charge in [-0.25, -0.2) is 4.31 Å². The number of aliphatic carboxylic acids is 1. The number of amides is 3. The van der Waals surface area contributed by atoms with Gasteiger partial charge in [-0.05, 0) is 13.3 Å². The SMILES string of the molecule is CO[C@@]1(NC(=O)C(C)NC(=O)CCC(N)C(=O)O)CN(S(=O)(=O)O)C1=O. The standard InChI is InChI=1S/C12H20N4O9S/c1-6(14-8(17)4-3-7(13)10(19)20)9(18)15-12(25-2)5-16(11(12)21)26(22,23)24/h6-7H,3-5,13H2,1-2H3,(H,14,17)(H,15,18)(H,19,20)(H,22,23,24)/t6?,7?,12-/m0/s1. The smallest absolute Gasteiger partial charge is 0.362 e. The number of carbonyl (C=O) groups is 4. The fourth-order valence-corrected chi connectivity index (χ4v) is 2.73. The molecular formula is C12H20N4O9S. The summed E-state index contributed by atoms with van der Waals surface area (Å²) >= 11 is 0. The van der Waals surface area contributed by atoms with Crippen LogP contribution < -0.4 is 16.4 Å². The van der Waals surface area contributed by atoms with Gasteiger partial charge in [-0.15, -0.1) is 0 Å². The molecule has 0 saturated carbocycles. The van der Waals surface area contributed by atoms with Gasteiger partial charge in [0.15, 0.2) is 0 Å². The average molecular weight is 396 g/mol. The highest BCUT2D eigenvalue weighted by Gasteiger charge is 2.58. The maximum absolute atomic E-state index is 12.1. The van der Waals surface area contributed by atoms with E-state index in [1.807, 2.05) is 0 Å². The van der Waals surface area contributed by atoms with Crippen LogP contribution in [0.25, 0.3) is 0 Å². The maximum atomic E-state index is 12.1. The first kappa shape index (κ1) is 21.8. The third-order valence-corrected chi connectivity index (χ3v) is 4.51. The van der Waals surface area contributed by atoms with Crippen molar-refractivity contribution in [3.63, 3.8) is 0 Å². The molecule has 0 aromatic carbocycles. The van der Waals surface area contributed by atoms with E-state index in [2.05, 4.69) is 10.6 Å². The van der Waals surface area contributed by atoms with E-state index in [0.717, 1.165) is 7.11 Å². The fraction of sp³-hybridized carbons (Fsp3) is 0.667. The zero-order chi connectivity index (χ0) is 20.3. The van der Waals surface area contributed by atoms with Crippen molar-refractivity contribution in [1.29, 1.82) is 0 Å². The van der Waals surface area contributed by atoms with Crippen LogP contribution in [0, 0.1) is 0 Å². The highest BCUT2D eigenvalue weighted by molar-refractivity contribution is 7.84. The molecule has 13 nitrogen and oxygen atoms in total. The van der Waals surface area contributed by atoms with Crippen molar-refractivity contribution in [2.75, 3.05) is 13.7 Å². The third-order valence-electron chi connectivity index (χ3n) is 3.66. The number of nitrogens with zero attached hydrogens (tertiary/aromatic N) is 1. The quantitative estimate of drug-likeness (QED) is 0.150. The molecule has 0 aromatic heterocycles. The number of methoxy groups -OCH3 is 1. The summed E-state index contributed by atoms with van der Waals surface area (Å²) in [5.74, 6) is -3.96. The van der Waals surface area contributed by atoms with Gasteiger partial charge in [-0.3, -0.25) is 23.7 Å². The number of ether oxygens (including phenoxy) is 1. The van der Waals surface area contributed by atoms with Gasteiger partial charge in [-0.1, -0.05) is 0 Å². The zero-order valence-electron chi connectivity index (χ0n) is 14.0. The van der Waals surface area contributed by atoms with Crippen LogP contribution in [-0.4, -0.2) is 77.5 Å². The lowest BCUT2D eigenvalue weighted by molar-refractivity contribution is -0.180. The van der Waals surface area contributed by atoms with Crippen LogP contribution in [0.2, 0.25) is 0 Å². The summed E-state index contributed by atoms with van der Waals surface area (Å²) < 4.78 is 35.7. The Bertz CT molecular complexity index is 709. The van der Waals surface area contributed by atoms with Crippen LogP contribution in [0.15, 0.2) is 0 Å². The molecule has 1 fully saturated rings. The highest BCUT2D eigenvalue weighted by Crippen LogP contribution is 2.26. The number of hydrogen-bond acceptors (Lipinski definition) is 8. The molecule has 1 rings (SSSR count). The van der Waals surface area contributed by atoms with E-state index in [-0.39, 0.29) is 17.1 Å². The van der Waals surface area contributed by atoms with E-state index in [4.69, 9.17) is 20.1 Å². The molecule has 26 heavy (non-hydrogen) atoms. The second-order valence-corrected chi connectivity index (χ2v) is 6.92. The lowest BCUT2D eigenvalue weighted by Crippen LogP contribution is -2.76. The van der Waals surface area contributed by atoms with Crippen LogP contribution in [0.5, 0.6) is 0 Å². The van der Waals surface area contributed by atoms with Gasteiger partial charge < -0.3 is 26.2 Å². The van der Waals surface area contributed by atoms with Crippen LogP contribution in [-0.2, 0) is 34.2 Å². The summed E-state index contributed by atoms with van der Waals surface area (Å²) in [4.78, 5) is 46.2. The summed E-state index contributed by atoms with van der Waals surface area (Å²) in [6, 6.07) is -2.36. The molecule has 0 aliphatic carbocycles. The Kier molecular flexibility index (Phi) is 6.65. The molecule has 2 unspecified atom stereocenters. The van der Waals surface area contributed by atoms with Crippen molar-refractivity contribution in [2.45, 2.75) is 37.6 Å². The molecule has 6 N–H and O–H groups in total. The number of nitrogens with two attached hydrogens (primary N) is 1. The average Bonchev–Trinajstić information content (AvgIpc) is 2.53. The van der Waals surface area contributed by atoms with E-state index in [1.54, 1.807) is 0 Å². The Hall–Kier alpha value is -2.29. The van der Waals surface area contributed by atoms with Crippen molar-refractivity contribution in [3.05, 3.63) is 0 Å². The van der Waals surface area contributed by atoms with E-state index in [0.29, 0.717) is 0 Å². The summed E-state index contributed by atoms with van der Waals surface area (Å²) in [7, 11) is -3.72. The van der Waals surface area contributed by atoms with Gasteiger partial charge in [0, 0.05) is 13.5 Å². The predicted octanol–water partition coefficient (Wildman–Crippen LogP) is -3.21. The van der Waals surface area contributed by atoms with E-state index in [9.17, 15) is 27.6 Å². The molecule has 3 amide bonds. The fourth-order valence-electron chi connectivity index (χ4n) is 2.03. The van der Waals surface area contributed by atoms with Crippen molar-refractivity contribution in [3.8, 4) is 0 Å². The molecular weight excluding hydrogens is 376 g/mol.